The fraction of sp³-hybridized carbons (Fsp3) is 0.385. The second-order valence-corrected chi connectivity index (χ2v) is 4.47. The van der Waals surface area contributed by atoms with Crippen molar-refractivity contribution in [1.82, 2.24) is 0 Å². The molecule has 104 valence electrons. The van der Waals surface area contributed by atoms with Crippen molar-refractivity contribution in [3.63, 3.8) is 0 Å². The first kappa shape index (κ1) is 15.3. The lowest BCUT2D eigenvalue weighted by molar-refractivity contribution is -0.141. The van der Waals surface area contributed by atoms with Gasteiger partial charge in [-0.15, -0.1) is 0 Å². The molecule has 5 nitrogen and oxygen atoms in total. The molecule has 1 unspecified atom stereocenters. The van der Waals surface area contributed by atoms with Crippen molar-refractivity contribution in [1.29, 1.82) is 0 Å². The molecule has 1 rings (SSSR count). The number of rotatable bonds is 6. The van der Waals surface area contributed by atoms with Crippen LogP contribution in [0, 0.1) is 5.92 Å². The predicted octanol–water partition coefficient (Wildman–Crippen LogP) is 2.43. The largest absolute Gasteiger partial charge is 0.493 e. The summed E-state index contributed by atoms with van der Waals surface area (Å²) in [6.07, 6.45) is 0.807. The van der Waals surface area contributed by atoms with Crippen LogP contribution in [0.15, 0.2) is 6.07 Å². The van der Waals surface area contributed by atoms with E-state index in [9.17, 15) is 9.59 Å². The van der Waals surface area contributed by atoms with Gasteiger partial charge in [-0.3, -0.25) is 9.59 Å². The molecule has 6 heteroatoms. The Morgan fingerprint density at radius 1 is 1.42 bits per heavy atom. The van der Waals surface area contributed by atoms with Crippen molar-refractivity contribution in [3.05, 3.63) is 22.2 Å². The molecule has 19 heavy (non-hydrogen) atoms. The molecule has 1 atom stereocenters. The summed E-state index contributed by atoms with van der Waals surface area (Å²) in [7, 11) is 2.82. The lowest BCUT2D eigenvalue weighted by Gasteiger charge is -2.17. The lowest BCUT2D eigenvalue weighted by Crippen LogP contribution is -2.13. The highest BCUT2D eigenvalue weighted by Gasteiger charge is 2.21. The smallest absolute Gasteiger partial charge is 0.306 e. The van der Waals surface area contributed by atoms with Gasteiger partial charge in [-0.25, -0.2) is 0 Å². The summed E-state index contributed by atoms with van der Waals surface area (Å²) >= 11 is 5.99. The number of carboxylic acids is 1. The fourth-order valence-corrected chi connectivity index (χ4v) is 2.04. The number of aldehydes is 1. The second-order valence-electron chi connectivity index (χ2n) is 4.06. The van der Waals surface area contributed by atoms with Crippen LogP contribution < -0.4 is 9.47 Å². The summed E-state index contributed by atoms with van der Waals surface area (Å²) in [5, 5.41) is 9.15. The van der Waals surface area contributed by atoms with Crippen molar-refractivity contribution in [3.8, 4) is 11.5 Å². The van der Waals surface area contributed by atoms with Crippen LogP contribution in [-0.4, -0.2) is 31.6 Å². The number of halogens is 1. The topological polar surface area (TPSA) is 72.8 Å². The number of hydrogen-bond acceptors (Lipinski definition) is 4. The number of carboxylic acid groups (broad SMARTS) is 1. The van der Waals surface area contributed by atoms with Gasteiger partial charge in [0.15, 0.2) is 17.8 Å². The van der Waals surface area contributed by atoms with E-state index in [1.807, 2.05) is 0 Å². The third-order valence-corrected chi connectivity index (χ3v) is 3.09. The Bertz CT molecular complexity index is 498. The molecular weight excluding hydrogens is 272 g/mol. The van der Waals surface area contributed by atoms with Gasteiger partial charge in [-0.1, -0.05) is 18.5 Å². The summed E-state index contributed by atoms with van der Waals surface area (Å²) in [6.45, 7) is 1.58. The SMILES string of the molecule is COc1c(CC(C)C(=O)O)cc(Cl)c(C=O)c1OC. The molecule has 0 saturated carbocycles. The van der Waals surface area contributed by atoms with E-state index >= 15 is 0 Å². The first-order valence-corrected chi connectivity index (χ1v) is 5.95. The van der Waals surface area contributed by atoms with E-state index in [2.05, 4.69) is 0 Å². The summed E-state index contributed by atoms with van der Waals surface area (Å²) in [5.74, 6) is -0.965. The molecule has 0 amide bonds. The molecule has 1 aromatic rings. The molecule has 0 aliphatic heterocycles. The number of carbonyl (C=O) groups excluding carboxylic acids is 1. The van der Waals surface area contributed by atoms with E-state index in [4.69, 9.17) is 26.2 Å². The highest BCUT2D eigenvalue weighted by atomic mass is 35.5. The number of carbonyl (C=O) groups is 2. The van der Waals surface area contributed by atoms with E-state index in [-0.39, 0.29) is 22.8 Å². The van der Waals surface area contributed by atoms with E-state index < -0.39 is 11.9 Å². The Kier molecular flexibility index (Phi) is 5.18. The third kappa shape index (κ3) is 3.17. The van der Waals surface area contributed by atoms with Crippen molar-refractivity contribution < 1.29 is 24.2 Å². The summed E-state index contributed by atoms with van der Waals surface area (Å²) in [6, 6.07) is 1.53. The Morgan fingerprint density at radius 2 is 2.00 bits per heavy atom. The number of ether oxygens (including phenoxy) is 2. The maximum atomic E-state index is 11.0. The van der Waals surface area contributed by atoms with Crippen LogP contribution in [0.1, 0.15) is 22.8 Å². The maximum Gasteiger partial charge on any atom is 0.306 e. The fourth-order valence-electron chi connectivity index (χ4n) is 1.78. The van der Waals surface area contributed by atoms with Crippen molar-refractivity contribution in [2.75, 3.05) is 14.2 Å². The van der Waals surface area contributed by atoms with Gasteiger partial charge >= 0.3 is 5.97 Å². The maximum absolute atomic E-state index is 11.0. The van der Waals surface area contributed by atoms with Gasteiger partial charge in [0.1, 0.15) is 0 Å². The monoisotopic (exact) mass is 286 g/mol. The van der Waals surface area contributed by atoms with E-state index in [0.717, 1.165) is 0 Å². The van der Waals surface area contributed by atoms with Gasteiger partial charge in [-0.05, 0) is 12.5 Å². The average molecular weight is 287 g/mol. The Morgan fingerprint density at radius 3 is 2.42 bits per heavy atom. The molecule has 0 fully saturated rings. The molecule has 0 radical (unpaired) electrons. The Hall–Kier alpha value is -1.75. The van der Waals surface area contributed by atoms with Crippen LogP contribution in [0.2, 0.25) is 5.02 Å². The zero-order valence-electron chi connectivity index (χ0n) is 10.9. The van der Waals surface area contributed by atoms with Crippen LogP contribution >= 0.6 is 11.6 Å². The molecule has 0 aliphatic carbocycles. The van der Waals surface area contributed by atoms with Gasteiger partial charge < -0.3 is 14.6 Å². The Labute approximate surface area is 116 Å². The zero-order valence-corrected chi connectivity index (χ0v) is 11.7. The van der Waals surface area contributed by atoms with Crippen LogP contribution in [0.4, 0.5) is 0 Å². The second kappa shape index (κ2) is 6.43. The van der Waals surface area contributed by atoms with Crippen LogP contribution in [0.3, 0.4) is 0 Å². The third-order valence-electron chi connectivity index (χ3n) is 2.77. The van der Waals surface area contributed by atoms with Crippen molar-refractivity contribution in [2.45, 2.75) is 13.3 Å². The van der Waals surface area contributed by atoms with E-state index in [1.165, 1.54) is 20.3 Å². The van der Waals surface area contributed by atoms with Gasteiger partial charge in [0, 0.05) is 5.56 Å². The molecule has 1 aromatic carbocycles. The molecular formula is C13H15ClO5. The van der Waals surface area contributed by atoms with Gasteiger partial charge in [0.25, 0.3) is 0 Å². The normalized spacial score (nSPS) is 11.8. The number of methoxy groups -OCH3 is 2. The molecule has 0 aliphatic rings. The molecule has 0 bridgehead atoms. The first-order chi connectivity index (χ1) is 8.96. The molecule has 0 aromatic heterocycles. The average Bonchev–Trinajstić information content (AvgIpc) is 2.37. The predicted molar refractivity (Wildman–Crippen MR) is 70.4 cm³/mol. The molecule has 0 saturated heterocycles. The summed E-state index contributed by atoms with van der Waals surface area (Å²) < 4.78 is 10.3. The highest BCUT2D eigenvalue weighted by Crippen LogP contribution is 2.39. The van der Waals surface area contributed by atoms with Crippen LogP contribution in [0.5, 0.6) is 11.5 Å². The van der Waals surface area contributed by atoms with E-state index in [0.29, 0.717) is 17.6 Å². The van der Waals surface area contributed by atoms with Crippen LogP contribution in [0.25, 0.3) is 0 Å². The lowest BCUT2D eigenvalue weighted by atomic mass is 9.98. The van der Waals surface area contributed by atoms with Gasteiger partial charge in [0.05, 0.1) is 30.7 Å². The minimum Gasteiger partial charge on any atom is -0.493 e. The standard InChI is InChI=1S/C13H15ClO5/c1-7(13(16)17)4-8-5-10(14)9(6-15)12(19-3)11(8)18-2/h5-7H,4H2,1-3H3,(H,16,17). The first-order valence-electron chi connectivity index (χ1n) is 5.57. The highest BCUT2D eigenvalue weighted by molar-refractivity contribution is 6.33. The number of aliphatic carboxylic acids is 1. The van der Waals surface area contributed by atoms with Crippen LogP contribution in [-0.2, 0) is 11.2 Å². The summed E-state index contributed by atoms with van der Waals surface area (Å²) in [5.41, 5.74) is 0.776. The minimum absolute atomic E-state index is 0.188. The quantitative estimate of drug-likeness (QED) is 0.813. The zero-order chi connectivity index (χ0) is 14.6. The number of hydrogen-bond donors (Lipinski definition) is 1. The van der Waals surface area contributed by atoms with Gasteiger partial charge in [-0.2, -0.15) is 0 Å². The molecule has 0 heterocycles. The molecule has 0 spiro atoms. The van der Waals surface area contributed by atoms with Crippen molar-refractivity contribution in [2.24, 2.45) is 5.92 Å². The number of benzene rings is 1. The molecule has 1 N–H and O–H groups in total. The minimum atomic E-state index is -0.920. The summed E-state index contributed by atoms with van der Waals surface area (Å²) in [4.78, 5) is 21.9. The van der Waals surface area contributed by atoms with E-state index in [1.54, 1.807) is 6.92 Å². The van der Waals surface area contributed by atoms with Gasteiger partial charge in [0.2, 0.25) is 0 Å². The Balaban J connectivity index is 3.36. The van der Waals surface area contributed by atoms with Crippen molar-refractivity contribution >= 4 is 23.9 Å².